The van der Waals surface area contributed by atoms with E-state index in [1.165, 1.54) is 38.5 Å². The molecule has 0 saturated heterocycles. The highest BCUT2D eigenvalue weighted by Crippen LogP contribution is 2.43. The molecule has 0 fully saturated rings. The van der Waals surface area contributed by atoms with Crippen LogP contribution in [-0.4, -0.2) is 97.3 Å². The van der Waals surface area contributed by atoms with Crippen LogP contribution < -0.4 is 0 Å². The highest BCUT2D eigenvalue weighted by Gasteiger charge is 2.27. The second-order valence-corrected chi connectivity index (χ2v) is 17.1. The molecule has 0 aliphatic carbocycles. The van der Waals surface area contributed by atoms with Crippen molar-refractivity contribution in [3.8, 4) is 0 Å². The zero-order valence-corrected chi connectivity index (χ0v) is 37.6. The van der Waals surface area contributed by atoms with Crippen molar-refractivity contribution in [1.82, 2.24) is 0 Å². The lowest BCUT2D eigenvalue weighted by Crippen LogP contribution is -2.37. The third kappa shape index (κ3) is 38.9. The summed E-state index contributed by atoms with van der Waals surface area (Å²) in [7, 11) is 1.27. The molecule has 0 aromatic rings. The van der Waals surface area contributed by atoms with Crippen LogP contribution in [0.4, 0.5) is 0 Å². The zero-order valence-electron chi connectivity index (χ0n) is 36.7. The molecule has 0 rings (SSSR count). The molecule has 11 nitrogen and oxygen atoms in total. The number of likely N-dealkylation sites (N-methyl/N-ethyl adjacent to an activating group) is 1. The number of phosphoric acid groups is 1. The van der Waals surface area contributed by atoms with E-state index in [2.05, 4.69) is 74.6 Å². The Hall–Kier alpha value is -2.63. The third-order valence-corrected chi connectivity index (χ3v) is 9.89. The lowest BCUT2D eigenvalue weighted by molar-refractivity contribution is -0.870. The number of ether oxygens (including phenoxy) is 2. The van der Waals surface area contributed by atoms with Crippen LogP contribution in [0.15, 0.2) is 72.9 Å². The lowest BCUT2D eigenvalue weighted by atomic mass is 10.0. The molecule has 0 spiro atoms. The number of hydrogen-bond donors (Lipinski definition) is 3. The summed E-state index contributed by atoms with van der Waals surface area (Å²) in [5.41, 5.74) is 0. The van der Waals surface area contributed by atoms with E-state index in [1.54, 1.807) is 0 Å². The monoisotopic (exact) mass is 839 g/mol. The van der Waals surface area contributed by atoms with Gasteiger partial charge in [-0.15, -0.1) is 0 Å². The first kappa shape index (κ1) is 55.4. The summed E-state index contributed by atoms with van der Waals surface area (Å²) in [6, 6.07) is 0. The molecule has 0 aromatic carbocycles. The van der Waals surface area contributed by atoms with Crippen LogP contribution in [0.25, 0.3) is 0 Å². The highest BCUT2D eigenvalue weighted by atomic mass is 31.2. The topological polar surface area (TPSA) is 149 Å². The van der Waals surface area contributed by atoms with E-state index in [9.17, 15) is 29.3 Å². The van der Waals surface area contributed by atoms with Gasteiger partial charge in [-0.1, -0.05) is 112 Å². The minimum atomic E-state index is -4.47. The molecule has 0 amide bonds. The predicted molar refractivity (Wildman–Crippen MR) is 236 cm³/mol. The molecule has 0 aliphatic rings. The Kier molecular flexibility index (Phi) is 35.7. The number of aliphatic hydroxyl groups excluding tert-OH is 2. The van der Waals surface area contributed by atoms with E-state index < -0.39 is 44.7 Å². The number of rotatable bonds is 38. The molecule has 0 radical (unpaired) electrons. The molecule has 0 aromatic heterocycles. The Labute approximate surface area is 352 Å². The minimum absolute atomic E-state index is 0.0302. The van der Waals surface area contributed by atoms with Crippen molar-refractivity contribution in [2.45, 2.75) is 161 Å². The highest BCUT2D eigenvalue weighted by molar-refractivity contribution is 7.47. The molecule has 58 heavy (non-hydrogen) atoms. The number of allylic oxidation sites excluding steroid dienone is 11. The Morgan fingerprint density at radius 1 is 0.603 bits per heavy atom. The molecule has 0 aliphatic heterocycles. The van der Waals surface area contributed by atoms with Crippen molar-refractivity contribution in [2.75, 3.05) is 47.5 Å². The quantitative estimate of drug-likeness (QED) is 0.0180. The van der Waals surface area contributed by atoms with Crippen molar-refractivity contribution >= 4 is 19.8 Å². The summed E-state index contributed by atoms with van der Waals surface area (Å²) >= 11 is 0. The van der Waals surface area contributed by atoms with E-state index in [0.29, 0.717) is 17.4 Å². The smallest absolute Gasteiger partial charge is 0.462 e. The van der Waals surface area contributed by atoms with Gasteiger partial charge in [-0.2, -0.15) is 0 Å². The standard InChI is InChI=1S/C46H80NO10P/c1-6-8-10-12-14-16-18-20-21-22-24-26-28-30-32-36-45(50)54-40-42(41-56-58(52,53)55-39-38-47(3,4)5)57-46(51)37-33-35-44(49)43(48)34-31-29-27-25-23-19-17-15-13-11-9-7-2/h14-17,20-21,23-26,29,31,42-44,48-49H,6-13,18-19,22,27-28,30,32-41H2,1-5H3/p+1/b16-14-,17-15-,21-20-,25-23-,26-24-,31-29-/t42-,43?,44?/m1/s1. The van der Waals surface area contributed by atoms with Crippen LogP contribution in [0, 0.1) is 0 Å². The molecule has 0 heterocycles. The summed E-state index contributed by atoms with van der Waals surface area (Å²) in [4.78, 5) is 35.4. The number of carbonyl (C=O) groups excluding carboxylic acids is 2. The summed E-state index contributed by atoms with van der Waals surface area (Å²) < 4.78 is 34.0. The van der Waals surface area contributed by atoms with Gasteiger partial charge >= 0.3 is 19.8 Å². The lowest BCUT2D eigenvalue weighted by Gasteiger charge is -2.24. The first-order valence-electron chi connectivity index (χ1n) is 21.8. The van der Waals surface area contributed by atoms with E-state index >= 15 is 0 Å². The van der Waals surface area contributed by atoms with Crippen LogP contribution in [0.3, 0.4) is 0 Å². The largest absolute Gasteiger partial charge is 0.472 e. The van der Waals surface area contributed by atoms with E-state index in [0.717, 1.165) is 51.4 Å². The number of nitrogens with zero attached hydrogens (tertiary/aromatic N) is 1. The fourth-order valence-electron chi connectivity index (χ4n) is 5.30. The van der Waals surface area contributed by atoms with Crippen LogP contribution in [0.1, 0.15) is 142 Å². The third-order valence-electron chi connectivity index (χ3n) is 8.91. The Morgan fingerprint density at radius 2 is 1.09 bits per heavy atom. The average molecular weight is 839 g/mol. The number of hydrogen-bond acceptors (Lipinski definition) is 9. The van der Waals surface area contributed by atoms with Gasteiger partial charge in [0, 0.05) is 12.8 Å². The number of unbranched alkanes of at least 4 members (excludes halogenated alkanes) is 8. The van der Waals surface area contributed by atoms with Crippen molar-refractivity contribution in [3.63, 3.8) is 0 Å². The molecule has 334 valence electrons. The molecule has 4 atom stereocenters. The maximum absolute atomic E-state index is 12.7. The van der Waals surface area contributed by atoms with Gasteiger partial charge in [-0.05, 0) is 89.9 Å². The van der Waals surface area contributed by atoms with Gasteiger partial charge in [0.25, 0.3) is 0 Å². The number of quaternary nitrogens is 1. The van der Waals surface area contributed by atoms with Crippen LogP contribution in [0.2, 0.25) is 0 Å². The maximum Gasteiger partial charge on any atom is 0.472 e. The molecule has 12 heteroatoms. The number of phosphoric ester groups is 1. The fraction of sp³-hybridized carbons (Fsp3) is 0.696. The van der Waals surface area contributed by atoms with Gasteiger partial charge in [0.15, 0.2) is 6.10 Å². The van der Waals surface area contributed by atoms with Crippen molar-refractivity contribution in [1.29, 1.82) is 0 Å². The number of esters is 2. The maximum atomic E-state index is 12.7. The van der Waals surface area contributed by atoms with Crippen molar-refractivity contribution in [3.05, 3.63) is 72.9 Å². The summed E-state index contributed by atoms with van der Waals surface area (Å²) in [6.45, 7) is 3.95. The normalized spacial score (nSPS) is 15.4. The number of carbonyl (C=O) groups is 2. The second-order valence-electron chi connectivity index (χ2n) is 15.7. The van der Waals surface area contributed by atoms with Crippen LogP contribution in [0.5, 0.6) is 0 Å². The molecule has 3 unspecified atom stereocenters. The zero-order chi connectivity index (χ0) is 43.2. The van der Waals surface area contributed by atoms with Gasteiger partial charge in [0.2, 0.25) is 0 Å². The first-order chi connectivity index (χ1) is 27.8. The van der Waals surface area contributed by atoms with Crippen LogP contribution >= 0.6 is 7.82 Å². The van der Waals surface area contributed by atoms with Crippen molar-refractivity contribution in [2.24, 2.45) is 0 Å². The minimum Gasteiger partial charge on any atom is -0.462 e. The van der Waals surface area contributed by atoms with Crippen LogP contribution in [-0.2, 0) is 32.7 Å². The summed E-state index contributed by atoms with van der Waals surface area (Å²) in [5, 5.41) is 20.8. The SMILES string of the molecule is CCCCC/C=C\C/C=C\C/C=C\CCCCC(=O)OC[C@H](COP(=O)(O)OCC[N+](C)(C)C)OC(=O)CCCC(O)C(O)C/C=C\C/C=C\C/C=C\CCCCC. The molecular weight excluding hydrogens is 757 g/mol. The average Bonchev–Trinajstić information content (AvgIpc) is 3.17. The first-order valence-corrected chi connectivity index (χ1v) is 23.3. The summed E-state index contributed by atoms with van der Waals surface area (Å²) in [5.74, 6) is -1.14. The fourth-order valence-corrected chi connectivity index (χ4v) is 6.04. The van der Waals surface area contributed by atoms with Gasteiger partial charge in [-0.3, -0.25) is 18.6 Å². The van der Waals surface area contributed by atoms with E-state index in [-0.39, 0.29) is 45.3 Å². The predicted octanol–water partition coefficient (Wildman–Crippen LogP) is 10.2. The Balaban J connectivity index is 4.70. The van der Waals surface area contributed by atoms with Gasteiger partial charge in [-0.25, -0.2) is 4.57 Å². The molecular formula is C46H81NO10P+. The van der Waals surface area contributed by atoms with E-state index in [1.807, 2.05) is 33.3 Å². The number of aliphatic hydroxyl groups is 2. The molecule has 0 saturated carbocycles. The van der Waals surface area contributed by atoms with Gasteiger partial charge < -0.3 is 29.1 Å². The van der Waals surface area contributed by atoms with Gasteiger partial charge in [0.05, 0.1) is 40.0 Å². The van der Waals surface area contributed by atoms with E-state index in [4.69, 9.17) is 18.5 Å². The molecule has 3 N–H and O–H groups in total. The summed E-state index contributed by atoms with van der Waals surface area (Å²) in [6.07, 6.45) is 38.4. The molecule has 0 bridgehead atoms. The van der Waals surface area contributed by atoms with Crippen molar-refractivity contribution < 1.29 is 52.3 Å². The second kappa shape index (κ2) is 37.4. The Morgan fingerprint density at radius 3 is 1.60 bits per heavy atom. The Bertz CT molecular complexity index is 1250. The van der Waals surface area contributed by atoms with Gasteiger partial charge in [0.1, 0.15) is 19.8 Å².